The number of hydrogen-bond acceptors (Lipinski definition) is 11. The number of aromatic nitrogens is 2. The number of carbonyl (C=O) groups excluding carboxylic acids is 4. The number of amides is 4. The molecule has 3 aromatic rings. The summed E-state index contributed by atoms with van der Waals surface area (Å²) in [4.78, 5) is 70.6. The summed E-state index contributed by atoms with van der Waals surface area (Å²) in [6.45, 7) is 7.52. The number of rotatable bonds is 10. The maximum atomic E-state index is 14.9. The zero-order chi connectivity index (χ0) is 43.1. The number of sulfonamides is 1. The standard InChI is InChI=1S/C45H58N6O8S2/c1-27(2)35-26-60-42(47-35)34-23-38(33-17-18-37(58-4)28(3)40(33)46-34)59-31-22-36-41(53)48-45(44(55)49-61(56,57)32-15-16-32)24-30(45)14-10-7-5-6-9-13-29(43(54)51(36)25-31)21-39(52)50-19-11-8-12-20-50/h10,14,17-18,23,26-27,29-32,36H,5-9,11-13,15-16,19-22,24-25H2,1-4H3,(H,48,53)(H,49,55)/b14-10-/t29-,30+,31-,36+,45+/m1/s1. The average molecular weight is 875 g/mol. The number of hydrogen-bond donors (Lipinski definition) is 2. The van der Waals surface area contributed by atoms with Crippen molar-refractivity contribution >= 4 is 55.9 Å². The van der Waals surface area contributed by atoms with Crippen molar-refractivity contribution in [3.63, 3.8) is 0 Å². The van der Waals surface area contributed by atoms with Gasteiger partial charge in [-0.15, -0.1) is 11.3 Å². The molecule has 5 heterocycles. The third kappa shape index (κ3) is 9.16. The molecule has 5 atom stereocenters. The van der Waals surface area contributed by atoms with Crippen molar-refractivity contribution in [1.82, 2.24) is 29.8 Å². The van der Waals surface area contributed by atoms with Crippen LogP contribution in [0.15, 0.2) is 35.7 Å². The van der Waals surface area contributed by atoms with Gasteiger partial charge in [-0.2, -0.15) is 0 Å². The lowest BCUT2D eigenvalue weighted by Gasteiger charge is -2.31. The summed E-state index contributed by atoms with van der Waals surface area (Å²) in [7, 11) is -2.28. The Bertz CT molecular complexity index is 2320. The van der Waals surface area contributed by atoms with Crippen LogP contribution in [-0.4, -0.2) is 101 Å². The van der Waals surface area contributed by atoms with Crippen molar-refractivity contribution in [2.24, 2.45) is 11.8 Å². The minimum atomic E-state index is -3.89. The van der Waals surface area contributed by atoms with Gasteiger partial charge in [0.25, 0.3) is 5.91 Å². The fraction of sp³-hybridized carbons (Fsp3) is 0.600. The molecule has 0 spiro atoms. The molecule has 2 saturated carbocycles. The molecule has 2 N–H and O–H groups in total. The number of allylic oxidation sites excluding steroid dienone is 1. The predicted molar refractivity (Wildman–Crippen MR) is 233 cm³/mol. The number of methoxy groups -OCH3 is 1. The van der Waals surface area contributed by atoms with E-state index in [4.69, 9.17) is 19.4 Å². The molecule has 5 aliphatic rings. The minimum absolute atomic E-state index is 0.0498. The van der Waals surface area contributed by atoms with Crippen LogP contribution in [0.1, 0.15) is 114 Å². The SMILES string of the molecule is COc1ccc2c(O[C@@H]3C[C@H]4C(=O)N[C@@]5(C(=O)NS(=O)(=O)C6CC6)C[C@@H]5/C=C\CCCCC[C@H](CC(=O)N5CCCCC5)C(=O)N4C3)cc(-c3nc(C(C)C)cs3)nc2c1C. The molecule has 0 radical (unpaired) electrons. The normalized spacial score (nSPS) is 26.8. The summed E-state index contributed by atoms with van der Waals surface area (Å²) in [5.74, 6) is -1.32. The Morgan fingerprint density at radius 3 is 2.52 bits per heavy atom. The van der Waals surface area contributed by atoms with Gasteiger partial charge in [-0.3, -0.25) is 23.9 Å². The molecular weight excluding hydrogens is 817 g/mol. The van der Waals surface area contributed by atoms with E-state index in [2.05, 4.69) is 23.9 Å². The molecule has 1 aromatic carbocycles. The first-order chi connectivity index (χ1) is 29.3. The zero-order valence-electron chi connectivity index (χ0n) is 35.6. The monoisotopic (exact) mass is 874 g/mol. The number of thiazole rings is 1. The fourth-order valence-electron chi connectivity index (χ4n) is 9.12. The fourth-order valence-corrected chi connectivity index (χ4v) is 11.4. The van der Waals surface area contributed by atoms with Crippen LogP contribution < -0.4 is 19.5 Å². The number of benzene rings is 1. The van der Waals surface area contributed by atoms with Gasteiger partial charge in [0.05, 0.1) is 30.1 Å². The number of carbonyl (C=O) groups is 4. The Labute approximate surface area is 362 Å². The molecule has 2 saturated heterocycles. The van der Waals surface area contributed by atoms with Gasteiger partial charge in [0, 0.05) is 60.2 Å². The van der Waals surface area contributed by atoms with E-state index in [-0.39, 0.29) is 43.5 Å². The molecule has 2 aromatic heterocycles. The number of nitrogens with one attached hydrogen (secondary N) is 2. The zero-order valence-corrected chi connectivity index (χ0v) is 37.2. The topological polar surface area (TPSA) is 177 Å². The predicted octanol–water partition coefficient (Wildman–Crippen LogP) is 6.17. The smallest absolute Gasteiger partial charge is 0.259 e. The molecule has 61 heavy (non-hydrogen) atoms. The lowest BCUT2D eigenvalue weighted by Crippen LogP contribution is -2.57. The highest BCUT2D eigenvalue weighted by atomic mass is 32.2. The van der Waals surface area contributed by atoms with E-state index in [1.54, 1.807) is 12.0 Å². The van der Waals surface area contributed by atoms with E-state index in [0.29, 0.717) is 55.1 Å². The molecule has 8 rings (SSSR count). The second kappa shape index (κ2) is 17.7. The van der Waals surface area contributed by atoms with E-state index < -0.39 is 56.6 Å². The Morgan fingerprint density at radius 1 is 1.03 bits per heavy atom. The number of piperidine rings is 1. The van der Waals surface area contributed by atoms with Gasteiger partial charge < -0.3 is 24.6 Å². The van der Waals surface area contributed by atoms with Crippen LogP contribution in [0.5, 0.6) is 11.5 Å². The average Bonchev–Trinajstić information content (AvgIpc) is 4.12. The Kier molecular flexibility index (Phi) is 12.5. The first kappa shape index (κ1) is 43.1. The third-order valence-electron chi connectivity index (χ3n) is 13.1. The van der Waals surface area contributed by atoms with Crippen LogP contribution in [0.25, 0.3) is 21.6 Å². The molecule has 3 aliphatic heterocycles. The third-order valence-corrected chi connectivity index (χ3v) is 15.8. The molecule has 4 fully saturated rings. The number of nitrogens with zero attached hydrogens (tertiary/aromatic N) is 4. The first-order valence-electron chi connectivity index (χ1n) is 22.0. The highest BCUT2D eigenvalue weighted by Gasteiger charge is 2.62. The maximum Gasteiger partial charge on any atom is 0.259 e. The summed E-state index contributed by atoms with van der Waals surface area (Å²) in [5, 5.41) is 5.84. The number of ether oxygens (including phenoxy) is 2. The van der Waals surface area contributed by atoms with E-state index >= 15 is 0 Å². The van der Waals surface area contributed by atoms with Crippen molar-refractivity contribution in [2.75, 3.05) is 26.7 Å². The van der Waals surface area contributed by atoms with Crippen LogP contribution in [0.2, 0.25) is 0 Å². The van der Waals surface area contributed by atoms with Crippen molar-refractivity contribution in [3.8, 4) is 22.2 Å². The largest absolute Gasteiger partial charge is 0.496 e. The molecule has 0 unspecified atom stereocenters. The van der Waals surface area contributed by atoms with Crippen molar-refractivity contribution in [2.45, 2.75) is 133 Å². The van der Waals surface area contributed by atoms with Crippen LogP contribution in [0.3, 0.4) is 0 Å². The second-order valence-corrected chi connectivity index (χ2v) is 20.7. The van der Waals surface area contributed by atoms with Gasteiger partial charge in [0.15, 0.2) is 0 Å². The summed E-state index contributed by atoms with van der Waals surface area (Å²) in [6, 6.07) is 4.56. The maximum absolute atomic E-state index is 14.9. The van der Waals surface area contributed by atoms with Crippen LogP contribution in [0, 0.1) is 18.8 Å². The van der Waals surface area contributed by atoms with Gasteiger partial charge >= 0.3 is 0 Å². The summed E-state index contributed by atoms with van der Waals surface area (Å²) in [5.41, 5.74) is 1.59. The number of likely N-dealkylation sites (tertiary alicyclic amines) is 1. The summed E-state index contributed by atoms with van der Waals surface area (Å²) in [6.07, 6.45) is 11.2. The highest BCUT2D eigenvalue weighted by Crippen LogP contribution is 2.46. The molecule has 328 valence electrons. The molecule has 0 bridgehead atoms. The van der Waals surface area contributed by atoms with Gasteiger partial charge in [0.1, 0.15) is 39.9 Å². The Morgan fingerprint density at radius 2 is 1.80 bits per heavy atom. The lowest BCUT2D eigenvalue weighted by molar-refractivity contribution is -0.145. The van der Waals surface area contributed by atoms with E-state index in [9.17, 15) is 27.6 Å². The quantitative estimate of drug-likeness (QED) is 0.224. The summed E-state index contributed by atoms with van der Waals surface area (Å²) < 4.78 is 40.8. The number of aryl methyl sites for hydroxylation is 1. The molecular formula is C45H58N6O8S2. The van der Waals surface area contributed by atoms with Crippen molar-refractivity contribution < 1.29 is 37.1 Å². The first-order valence-corrected chi connectivity index (χ1v) is 24.4. The van der Waals surface area contributed by atoms with Gasteiger partial charge in [-0.05, 0) is 82.8 Å². The van der Waals surface area contributed by atoms with E-state index in [0.717, 1.165) is 66.6 Å². The molecule has 14 nitrogen and oxygen atoms in total. The van der Waals surface area contributed by atoms with Crippen LogP contribution in [0.4, 0.5) is 0 Å². The lowest BCUT2D eigenvalue weighted by atomic mass is 9.94. The molecule has 2 aliphatic carbocycles. The van der Waals surface area contributed by atoms with Gasteiger partial charge in [0.2, 0.25) is 27.7 Å². The van der Waals surface area contributed by atoms with Crippen LogP contribution >= 0.6 is 11.3 Å². The number of pyridine rings is 1. The van der Waals surface area contributed by atoms with Gasteiger partial charge in [-0.1, -0.05) is 38.8 Å². The van der Waals surface area contributed by atoms with Crippen LogP contribution in [-0.2, 0) is 29.2 Å². The second-order valence-electron chi connectivity index (χ2n) is 17.9. The number of fused-ring (bicyclic) bond motifs is 3. The van der Waals surface area contributed by atoms with E-state index in [1.807, 2.05) is 47.6 Å². The molecule has 16 heteroatoms. The minimum Gasteiger partial charge on any atom is -0.496 e. The summed E-state index contributed by atoms with van der Waals surface area (Å²) >= 11 is 1.50. The highest BCUT2D eigenvalue weighted by molar-refractivity contribution is 7.91. The van der Waals surface area contributed by atoms with Gasteiger partial charge in [-0.25, -0.2) is 18.4 Å². The van der Waals surface area contributed by atoms with Crippen molar-refractivity contribution in [1.29, 1.82) is 0 Å². The molecule has 4 amide bonds. The Hall–Kier alpha value is -4.57. The van der Waals surface area contributed by atoms with E-state index in [1.165, 1.54) is 11.3 Å². The Balaban J connectivity index is 1.14. The van der Waals surface area contributed by atoms with Crippen molar-refractivity contribution in [3.05, 3.63) is 47.0 Å².